The zero-order valence-corrected chi connectivity index (χ0v) is 22.5. The van der Waals surface area contributed by atoms with Crippen molar-refractivity contribution in [3.8, 4) is 0 Å². The van der Waals surface area contributed by atoms with Crippen LogP contribution in [0.25, 0.3) is 0 Å². The fourth-order valence-electron chi connectivity index (χ4n) is 2.63. The van der Waals surface area contributed by atoms with Crippen LogP contribution in [0.2, 0.25) is 0 Å². The Bertz CT molecular complexity index is 384. The third-order valence-corrected chi connectivity index (χ3v) is 3.99. The normalized spacial score (nSPS) is 12.7. The molecule has 0 radical (unpaired) electrons. The molecule has 4 nitrogen and oxygen atoms in total. The van der Waals surface area contributed by atoms with Crippen LogP contribution in [0.4, 0.5) is 0 Å². The Morgan fingerprint density at radius 3 is 2.12 bits per heavy atom. The van der Waals surface area contributed by atoms with Crippen molar-refractivity contribution in [2.45, 2.75) is 71.1 Å². The summed E-state index contributed by atoms with van der Waals surface area (Å²) in [7, 11) is 0. The summed E-state index contributed by atoms with van der Waals surface area (Å²) in [4.78, 5) is 21.4. The molecule has 0 heterocycles. The number of unbranched alkanes of at least 4 members (excludes halogenated alkanes) is 5. The number of carboxylic acid groups (broad SMARTS) is 2. The Hall–Kier alpha value is 1.69. The Kier molecular flexibility index (Phi) is 27.6. The molecule has 0 aliphatic carbocycles. The van der Waals surface area contributed by atoms with E-state index >= 15 is 0 Å². The van der Waals surface area contributed by atoms with E-state index in [9.17, 15) is 19.8 Å². The number of carboxylic acids is 2. The first-order chi connectivity index (χ1) is 11.0. The molecule has 0 aliphatic heterocycles. The van der Waals surface area contributed by atoms with Crippen LogP contribution in [-0.2, 0) is 9.59 Å². The van der Waals surface area contributed by atoms with Gasteiger partial charge >= 0.3 is 103 Å². The van der Waals surface area contributed by atoms with Gasteiger partial charge in [0.05, 0.1) is 0 Å². The summed E-state index contributed by atoms with van der Waals surface area (Å²) in [6.07, 6.45) is 14.7. The predicted octanol–water partition coefficient (Wildman–Crippen LogP) is -3.61. The number of hydrogen-bond acceptors (Lipinski definition) is 4. The Morgan fingerprint density at radius 2 is 1.60 bits per heavy atom. The van der Waals surface area contributed by atoms with Crippen molar-refractivity contribution in [3.63, 3.8) is 0 Å². The molecule has 132 valence electrons. The molecular weight excluding hydrogens is 370 g/mol. The molecule has 0 saturated heterocycles. The van der Waals surface area contributed by atoms with E-state index in [0.717, 1.165) is 19.3 Å². The molecule has 0 aromatic carbocycles. The first-order valence-corrected chi connectivity index (χ1v) is 8.69. The number of hydrogen-bond donors (Lipinski definition) is 0. The zero-order chi connectivity index (χ0) is 17.5. The maximum atomic E-state index is 10.9. The Labute approximate surface area is 238 Å². The number of aliphatic carboxylic acids is 2. The van der Waals surface area contributed by atoms with Gasteiger partial charge in [-0.1, -0.05) is 63.7 Å². The van der Waals surface area contributed by atoms with Gasteiger partial charge in [0, 0.05) is 17.9 Å². The first kappa shape index (κ1) is 31.4. The molecule has 0 aromatic heterocycles. The van der Waals surface area contributed by atoms with Crippen molar-refractivity contribution in [2.24, 2.45) is 11.8 Å². The minimum atomic E-state index is -1.38. The molecule has 0 aromatic rings. The van der Waals surface area contributed by atoms with Crippen molar-refractivity contribution in [1.29, 1.82) is 0 Å². The fourth-order valence-corrected chi connectivity index (χ4v) is 2.63. The van der Waals surface area contributed by atoms with E-state index in [4.69, 9.17) is 0 Å². The van der Waals surface area contributed by atoms with Gasteiger partial charge in [-0.25, -0.2) is 0 Å². The minimum Gasteiger partial charge on any atom is -0.550 e. The van der Waals surface area contributed by atoms with Gasteiger partial charge in [0.15, 0.2) is 0 Å². The standard InChI is InChI=1S/C19H32O4.2K/c1-3-5-6-7-8-9-12-16(11-4-2)13-10-14-17(19(22)23)15-18(20)21;;/h4,10,14,16-17H,2-3,5-9,11-13,15H2,1H3,(H,20,21)(H,22,23);;/q;2*+1/p-2/b14-10+;;. The molecule has 0 saturated carbocycles. The van der Waals surface area contributed by atoms with Crippen LogP contribution < -0.4 is 113 Å². The monoisotopic (exact) mass is 400 g/mol. The summed E-state index contributed by atoms with van der Waals surface area (Å²) >= 11 is 0. The molecule has 2 unspecified atom stereocenters. The molecule has 0 aliphatic rings. The van der Waals surface area contributed by atoms with Crippen molar-refractivity contribution in [1.82, 2.24) is 0 Å². The average Bonchev–Trinajstić information content (AvgIpc) is 2.49. The topological polar surface area (TPSA) is 80.3 Å². The molecule has 0 fully saturated rings. The quantitative estimate of drug-likeness (QED) is 0.162. The third-order valence-electron chi connectivity index (χ3n) is 3.99. The molecule has 0 rings (SSSR count). The summed E-state index contributed by atoms with van der Waals surface area (Å²) < 4.78 is 0. The number of rotatable bonds is 15. The summed E-state index contributed by atoms with van der Waals surface area (Å²) in [6.45, 7) is 5.97. The van der Waals surface area contributed by atoms with Gasteiger partial charge in [-0.05, 0) is 31.6 Å². The summed E-state index contributed by atoms with van der Waals surface area (Å²) in [5, 5.41) is 21.4. The van der Waals surface area contributed by atoms with Crippen LogP contribution in [-0.4, -0.2) is 11.9 Å². The second-order valence-corrected chi connectivity index (χ2v) is 6.11. The van der Waals surface area contributed by atoms with E-state index in [1.54, 1.807) is 6.08 Å². The number of carbonyl (C=O) groups is 2. The van der Waals surface area contributed by atoms with Crippen molar-refractivity contribution in [2.75, 3.05) is 0 Å². The number of carbonyl (C=O) groups excluding carboxylic acids is 2. The molecule has 0 amide bonds. The van der Waals surface area contributed by atoms with Crippen molar-refractivity contribution >= 4 is 11.9 Å². The SMILES string of the molecule is C=CCC(C/C=C/C(CC(=O)[O-])C(=O)[O-])CCCCCCCC.[K+].[K+]. The Morgan fingerprint density at radius 1 is 1.00 bits per heavy atom. The molecule has 0 N–H and O–H groups in total. The van der Waals surface area contributed by atoms with Gasteiger partial charge in [0.1, 0.15) is 0 Å². The average molecular weight is 401 g/mol. The predicted molar refractivity (Wildman–Crippen MR) is 88.2 cm³/mol. The Balaban J connectivity index is -0.00000242. The van der Waals surface area contributed by atoms with Gasteiger partial charge in [0.2, 0.25) is 0 Å². The largest absolute Gasteiger partial charge is 1.00 e. The molecule has 25 heavy (non-hydrogen) atoms. The maximum Gasteiger partial charge on any atom is 1.00 e. The second kappa shape index (κ2) is 22.0. The van der Waals surface area contributed by atoms with E-state index in [1.165, 1.54) is 44.6 Å². The van der Waals surface area contributed by atoms with Crippen LogP contribution >= 0.6 is 0 Å². The maximum absolute atomic E-state index is 10.9. The van der Waals surface area contributed by atoms with E-state index in [-0.39, 0.29) is 103 Å². The third kappa shape index (κ3) is 20.2. The van der Waals surface area contributed by atoms with E-state index in [2.05, 4.69) is 13.5 Å². The van der Waals surface area contributed by atoms with E-state index < -0.39 is 24.3 Å². The van der Waals surface area contributed by atoms with Crippen LogP contribution in [0.3, 0.4) is 0 Å². The summed E-state index contributed by atoms with van der Waals surface area (Å²) in [5.41, 5.74) is 0. The molecule has 0 spiro atoms. The summed E-state index contributed by atoms with van der Waals surface area (Å²) in [6, 6.07) is 0. The first-order valence-electron chi connectivity index (χ1n) is 8.69. The molecule has 2 atom stereocenters. The number of allylic oxidation sites excluding steroid dienone is 2. The van der Waals surface area contributed by atoms with Gasteiger partial charge in [0.25, 0.3) is 0 Å². The van der Waals surface area contributed by atoms with Crippen molar-refractivity contribution in [3.05, 3.63) is 24.8 Å². The summed E-state index contributed by atoms with van der Waals surface area (Å²) in [5.74, 6) is -3.43. The fraction of sp³-hybridized carbons (Fsp3) is 0.684. The van der Waals surface area contributed by atoms with Crippen molar-refractivity contribution < 1.29 is 123 Å². The molecular formula is C19H30K2O4. The van der Waals surface area contributed by atoms with Gasteiger partial charge in [-0.3, -0.25) is 0 Å². The smallest absolute Gasteiger partial charge is 0.550 e. The van der Waals surface area contributed by atoms with Crippen LogP contribution in [0, 0.1) is 11.8 Å². The second-order valence-electron chi connectivity index (χ2n) is 6.11. The minimum absolute atomic E-state index is 0. The van der Waals surface area contributed by atoms with E-state index in [1.807, 2.05) is 6.08 Å². The van der Waals surface area contributed by atoms with Crippen LogP contribution in [0.15, 0.2) is 24.8 Å². The molecule has 6 heteroatoms. The van der Waals surface area contributed by atoms with Crippen LogP contribution in [0.1, 0.15) is 71.1 Å². The van der Waals surface area contributed by atoms with Gasteiger partial charge in [-0.15, -0.1) is 6.58 Å². The molecule has 0 bridgehead atoms. The van der Waals surface area contributed by atoms with E-state index in [0.29, 0.717) is 5.92 Å². The zero-order valence-electron chi connectivity index (χ0n) is 16.3. The van der Waals surface area contributed by atoms with Gasteiger partial charge in [-0.2, -0.15) is 0 Å². The van der Waals surface area contributed by atoms with Crippen LogP contribution in [0.5, 0.6) is 0 Å². The van der Waals surface area contributed by atoms with Gasteiger partial charge < -0.3 is 19.8 Å².